The number of rotatable bonds is 6. The van der Waals surface area contributed by atoms with Crippen molar-refractivity contribution in [2.75, 3.05) is 18.5 Å². The lowest BCUT2D eigenvalue weighted by Crippen LogP contribution is -2.18. The van der Waals surface area contributed by atoms with Crippen LogP contribution in [0.15, 0.2) is 34.8 Å². The van der Waals surface area contributed by atoms with Gasteiger partial charge in [0.25, 0.3) is 5.91 Å². The summed E-state index contributed by atoms with van der Waals surface area (Å²) < 4.78 is 52.0. The average Bonchev–Trinajstić information content (AvgIpc) is 2.60. The molecule has 0 fully saturated rings. The molecule has 0 unspecified atom stereocenters. The van der Waals surface area contributed by atoms with E-state index in [1.165, 1.54) is 12.1 Å². The number of halogens is 4. The summed E-state index contributed by atoms with van der Waals surface area (Å²) in [5.74, 6) is -5.44. The minimum absolute atomic E-state index is 0.119. The molecule has 0 heterocycles. The van der Waals surface area contributed by atoms with Gasteiger partial charge in [-0.1, -0.05) is 15.9 Å². The van der Waals surface area contributed by atoms with Crippen LogP contribution in [0.3, 0.4) is 0 Å². The molecule has 0 saturated carbocycles. The molecule has 9 heteroatoms. The first kappa shape index (κ1) is 19.8. The zero-order chi connectivity index (χ0) is 19.3. The number of ether oxygens (including phenoxy) is 2. The fourth-order valence-electron chi connectivity index (χ4n) is 1.95. The minimum Gasteiger partial charge on any atom is -0.479 e. The van der Waals surface area contributed by atoms with Gasteiger partial charge in [-0.2, -0.15) is 0 Å². The Morgan fingerprint density at radius 2 is 1.81 bits per heavy atom. The Morgan fingerprint density at radius 3 is 2.50 bits per heavy atom. The van der Waals surface area contributed by atoms with Gasteiger partial charge in [-0.3, -0.25) is 4.79 Å². The Kier molecular flexibility index (Phi) is 6.62. The van der Waals surface area contributed by atoms with Crippen molar-refractivity contribution in [1.82, 2.24) is 0 Å². The minimum atomic E-state index is -1.24. The van der Waals surface area contributed by atoms with Gasteiger partial charge in [0.2, 0.25) is 0 Å². The maximum atomic E-state index is 14.4. The monoisotopic (exact) mass is 431 g/mol. The maximum absolute atomic E-state index is 14.4. The lowest BCUT2D eigenvalue weighted by Gasteiger charge is -2.12. The Bertz CT molecular complexity index is 845. The third-order valence-corrected chi connectivity index (χ3v) is 3.61. The molecule has 2 aromatic rings. The van der Waals surface area contributed by atoms with Crippen LogP contribution in [0.1, 0.15) is 17.3 Å². The molecule has 2 rings (SSSR count). The van der Waals surface area contributed by atoms with E-state index in [0.717, 1.165) is 18.2 Å². The molecule has 0 saturated heterocycles. The molecule has 0 radical (unpaired) electrons. The maximum Gasteiger partial charge on any atom is 0.344 e. The molecule has 138 valence electrons. The van der Waals surface area contributed by atoms with Crippen LogP contribution in [-0.4, -0.2) is 25.1 Å². The van der Waals surface area contributed by atoms with Crippen molar-refractivity contribution in [3.63, 3.8) is 0 Å². The molecule has 0 aliphatic heterocycles. The van der Waals surface area contributed by atoms with Crippen molar-refractivity contribution in [2.45, 2.75) is 6.92 Å². The molecule has 0 atom stereocenters. The molecular weight excluding hydrogens is 419 g/mol. The van der Waals surface area contributed by atoms with Gasteiger partial charge in [-0.05, 0) is 37.3 Å². The Labute approximate surface area is 155 Å². The van der Waals surface area contributed by atoms with E-state index >= 15 is 0 Å². The molecule has 2 aromatic carbocycles. The fraction of sp³-hybridized carbons (Fsp3) is 0.176. The Balaban J connectivity index is 2.23. The summed E-state index contributed by atoms with van der Waals surface area (Å²) in [6, 6.07) is 5.37. The predicted molar refractivity (Wildman–Crippen MR) is 90.5 cm³/mol. The van der Waals surface area contributed by atoms with Gasteiger partial charge >= 0.3 is 5.97 Å². The van der Waals surface area contributed by atoms with Gasteiger partial charge in [0.05, 0.1) is 12.2 Å². The first-order valence-electron chi connectivity index (χ1n) is 7.36. The van der Waals surface area contributed by atoms with E-state index in [9.17, 15) is 22.8 Å². The highest BCUT2D eigenvalue weighted by molar-refractivity contribution is 9.10. The number of anilines is 1. The van der Waals surface area contributed by atoms with Crippen LogP contribution in [0.2, 0.25) is 0 Å². The topological polar surface area (TPSA) is 64.6 Å². The number of hydrogen-bond acceptors (Lipinski definition) is 4. The van der Waals surface area contributed by atoms with Crippen molar-refractivity contribution in [2.24, 2.45) is 0 Å². The van der Waals surface area contributed by atoms with Gasteiger partial charge in [0.15, 0.2) is 18.2 Å². The molecule has 0 aliphatic rings. The molecule has 1 amide bonds. The Morgan fingerprint density at radius 1 is 1.12 bits per heavy atom. The lowest BCUT2D eigenvalue weighted by molar-refractivity contribution is -0.145. The second-order valence-corrected chi connectivity index (χ2v) is 5.82. The number of hydrogen-bond donors (Lipinski definition) is 1. The third kappa shape index (κ3) is 4.75. The molecule has 0 aliphatic carbocycles. The largest absolute Gasteiger partial charge is 0.479 e. The van der Waals surface area contributed by atoms with E-state index in [0.29, 0.717) is 4.47 Å². The highest BCUT2D eigenvalue weighted by atomic mass is 79.9. The second kappa shape index (κ2) is 8.70. The van der Waals surface area contributed by atoms with E-state index in [2.05, 4.69) is 20.7 Å². The van der Waals surface area contributed by atoms with Crippen LogP contribution >= 0.6 is 15.9 Å². The number of esters is 1. The van der Waals surface area contributed by atoms with Crippen LogP contribution < -0.4 is 10.1 Å². The number of carbonyl (C=O) groups excluding carboxylic acids is 2. The van der Waals surface area contributed by atoms with E-state index in [-0.39, 0.29) is 6.61 Å². The van der Waals surface area contributed by atoms with Crippen molar-refractivity contribution in [3.8, 4) is 5.75 Å². The normalized spacial score (nSPS) is 10.3. The van der Waals surface area contributed by atoms with Crippen LogP contribution in [-0.2, 0) is 9.53 Å². The summed E-state index contributed by atoms with van der Waals surface area (Å²) in [6.07, 6.45) is 0. The zero-order valence-corrected chi connectivity index (χ0v) is 15.0. The van der Waals surface area contributed by atoms with Gasteiger partial charge in [-0.15, -0.1) is 0 Å². The standard InChI is InChI=1S/C17H13BrF3NO4/c1-2-25-14(23)8-26-13-6-5-12(20)16(15(13)21)22-17(24)10-7-9(18)3-4-11(10)19/h3-7H,2,8H2,1H3,(H,22,24). The third-order valence-electron chi connectivity index (χ3n) is 3.12. The predicted octanol–water partition coefficient (Wildman–Crippen LogP) is 4.06. The number of carbonyl (C=O) groups is 2. The van der Waals surface area contributed by atoms with Gasteiger partial charge in [-0.25, -0.2) is 18.0 Å². The van der Waals surface area contributed by atoms with Crippen molar-refractivity contribution in [3.05, 3.63) is 57.8 Å². The van der Waals surface area contributed by atoms with Crippen LogP contribution in [0, 0.1) is 17.5 Å². The van der Waals surface area contributed by atoms with Crippen LogP contribution in [0.4, 0.5) is 18.9 Å². The SMILES string of the molecule is CCOC(=O)COc1ccc(F)c(NC(=O)c2cc(Br)ccc2F)c1F. The highest BCUT2D eigenvalue weighted by Gasteiger charge is 2.20. The number of amides is 1. The summed E-state index contributed by atoms with van der Waals surface area (Å²) in [7, 11) is 0. The quantitative estimate of drug-likeness (QED) is 0.700. The Hall–Kier alpha value is -2.55. The molecule has 1 N–H and O–H groups in total. The molecule has 5 nitrogen and oxygen atoms in total. The summed E-state index contributed by atoms with van der Waals surface area (Å²) >= 11 is 3.08. The van der Waals surface area contributed by atoms with Gasteiger partial charge in [0.1, 0.15) is 17.3 Å². The van der Waals surface area contributed by atoms with E-state index in [1.807, 2.05) is 5.32 Å². The highest BCUT2D eigenvalue weighted by Crippen LogP contribution is 2.28. The zero-order valence-electron chi connectivity index (χ0n) is 13.4. The molecule has 0 bridgehead atoms. The van der Waals surface area contributed by atoms with Crippen LogP contribution in [0.5, 0.6) is 5.75 Å². The number of benzene rings is 2. The van der Waals surface area contributed by atoms with Crippen molar-refractivity contribution >= 4 is 33.5 Å². The molecule has 0 aromatic heterocycles. The van der Waals surface area contributed by atoms with Crippen molar-refractivity contribution in [1.29, 1.82) is 0 Å². The summed E-state index contributed by atoms with van der Waals surface area (Å²) in [4.78, 5) is 23.4. The second-order valence-electron chi connectivity index (χ2n) is 4.91. The smallest absolute Gasteiger partial charge is 0.344 e. The lowest BCUT2D eigenvalue weighted by atomic mass is 10.2. The fourth-order valence-corrected chi connectivity index (χ4v) is 2.31. The van der Waals surface area contributed by atoms with Gasteiger partial charge in [0, 0.05) is 4.47 Å². The molecule has 26 heavy (non-hydrogen) atoms. The van der Waals surface area contributed by atoms with Gasteiger partial charge < -0.3 is 14.8 Å². The van der Waals surface area contributed by atoms with Crippen LogP contribution in [0.25, 0.3) is 0 Å². The average molecular weight is 432 g/mol. The molecular formula is C17H13BrF3NO4. The summed E-state index contributed by atoms with van der Waals surface area (Å²) in [5, 5.41) is 1.97. The van der Waals surface area contributed by atoms with E-state index in [4.69, 9.17) is 4.74 Å². The summed E-state index contributed by atoms with van der Waals surface area (Å²) in [5.41, 5.74) is -1.23. The summed E-state index contributed by atoms with van der Waals surface area (Å²) in [6.45, 7) is 1.11. The first-order valence-corrected chi connectivity index (χ1v) is 8.15. The molecule has 0 spiro atoms. The number of nitrogens with one attached hydrogen (secondary N) is 1. The van der Waals surface area contributed by atoms with E-state index in [1.54, 1.807) is 6.92 Å². The first-order chi connectivity index (χ1) is 12.3. The van der Waals surface area contributed by atoms with Crippen molar-refractivity contribution < 1.29 is 32.2 Å². The van der Waals surface area contributed by atoms with E-state index < -0.39 is 52.9 Å².